The molecule has 0 saturated carbocycles. The average molecular weight is 294 g/mol. The number of nitrogens with zero attached hydrogens (tertiary/aromatic N) is 1. The fourth-order valence-electron chi connectivity index (χ4n) is 2.28. The monoisotopic (exact) mass is 294 g/mol. The number of nitrogens with one attached hydrogen (secondary N) is 1. The number of carboxylic acid groups (broad SMARTS) is 1. The largest absolute Gasteiger partial charge is 0.481 e. The van der Waals surface area contributed by atoms with Gasteiger partial charge in [-0.25, -0.2) is 4.39 Å². The summed E-state index contributed by atoms with van der Waals surface area (Å²) in [5.41, 5.74) is 0.552. The Labute approximate surface area is 120 Å². The van der Waals surface area contributed by atoms with Crippen LogP contribution in [0, 0.1) is 12.7 Å². The number of carbonyl (C=O) groups excluding carboxylic acids is 2. The van der Waals surface area contributed by atoms with Crippen molar-refractivity contribution in [3.05, 3.63) is 35.1 Å². The van der Waals surface area contributed by atoms with Crippen molar-refractivity contribution in [2.24, 2.45) is 0 Å². The van der Waals surface area contributed by atoms with E-state index in [0.29, 0.717) is 5.56 Å². The molecular weight excluding hydrogens is 279 g/mol. The van der Waals surface area contributed by atoms with Gasteiger partial charge in [-0.2, -0.15) is 0 Å². The van der Waals surface area contributed by atoms with Crippen molar-refractivity contribution in [2.75, 3.05) is 13.1 Å². The molecule has 0 radical (unpaired) electrons. The Hall–Kier alpha value is -2.44. The molecule has 0 aromatic heterocycles. The lowest BCUT2D eigenvalue weighted by Crippen LogP contribution is -2.57. The first kappa shape index (κ1) is 15.0. The van der Waals surface area contributed by atoms with Crippen LogP contribution in [0.3, 0.4) is 0 Å². The molecule has 1 aliphatic heterocycles. The molecule has 1 unspecified atom stereocenters. The Bertz CT molecular complexity index is 603. The summed E-state index contributed by atoms with van der Waals surface area (Å²) in [5.74, 6) is -3.09. The number of hydrogen-bond acceptors (Lipinski definition) is 3. The van der Waals surface area contributed by atoms with Crippen molar-refractivity contribution in [2.45, 2.75) is 19.4 Å². The van der Waals surface area contributed by atoms with Crippen LogP contribution in [0.1, 0.15) is 22.3 Å². The molecule has 2 N–H and O–H groups in total. The first-order chi connectivity index (χ1) is 9.90. The number of carbonyl (C=O) groups is 3. The number of piperazine rings is 1. The standard InChI is InChI=1S/C14H15FN2O4/c1-8-2-3-10(15)9(6-8)14(21)17-5-4-16-13(20)11(17)7-12(18)19/h2-3,6,11H,4-5,7H2,1H3,(H,16,20)(H,18,19). The average Bonchev–Trinajstić information content (AvgIpc) is 2.42. The summed E-state index contributed by atoms with van der Waals surface area (Å²) < 4.78 is 13.8. The van der Waals surface area contributed by atoms with Gasteiger partial charge in [-0.1, -0.05) is 11.6 Å². The van der Waals surface area contributed by atoms with E-state index in [2.05, 4.69) is 5.32 Å². The number of rotatable bonds is 3. The molecule has 0 spiro atoms. The second kappa shape index (κ2) is 5.90. The van der Waals surface area contributed by atoms with Crippen LogP contribution in [0.15, 0.2) is 18.2 Å². The lowest BCUT2D eigenvalue weighted by molar-refractivity contribution is -0.142. The van der Waals surface area contributed by atoms with Gasteiger partial charge in [0, 0.05) is 13.1 Å². The molecule has 7 heteroatoms. The first-order valence-corrected chi connectivity index (χ1v) is 6.47. The van der Waals surface area contributed by atoms with Crippen molar-refractivity contribution in [3.63, 3.8) is 0 Å². The SMILES string of the molecule is Cc1ccc(F)c(C(=O)N2CCNC(=O)C2CC(=O)O)c1. The Morgan fingerprint density at radius 3 is 2.86 bits per heavy atom. The van der Waals surface area contributed by atoms with E-state index in [4.69, 9.17) is 5.11 Å². The van der Waals surface area contributed by atoms with E-state index in [1.54, 1.807) is 6.92 Å². The molecule has 1 saturated heterocycles. The van der Waals surface area contributed by atoms with E-state index in [1.807, 2.05) is 0 Å². The predicted molar refractivity (Wildman–Crippen MR) is 71.2 cm³/mol. The summed E-state index contributed by atoms with van der Waals surface area (Å²) in [4.78, 5) is 36.2. The van der Waals surface area contributed by atoms with Crippen LogP contribution in [-0.4, -0.2) is 46.9 Å². The Kier molecular flexibility index (Phi) is 4.21. The molecule has 2 amide bonds. The zero-order valence-corrected chi connectivity index (χ0v) is 11.4. The van der Waals surface area contributed by atoms with Gasteiger partial charge < -0.3 is 15.3 Å². The maximum Gasteiger partial charge on any atom is 0.305 e. The molecule has 6 nitrogen and oxygen atoms in total. The zero-order valence-electron chi connectivity index (χ0n) is 11.4. The fourth-order valence-corrected chi connectivity index (χ4v) is 2.28. The second-order valence-electron chi connectivity index (χ2n) is 4.89. The van der Waals surface area contributed by atoms with E-state index >= 15 is 0 Å². The number of aryl methyl sites for hydroxylation is 1. The van der Waals surface area contributed by atoms with Crippen LogP contribution < -0.4 is 5.32 Å². The molecule has 1 fully saturated rings. The van der Waals surface area contributed by atoms with E-state index in [9.17, 15) is 18.8 Å². The third-order valence-corrected chi connectivity index (χ3v) is 3.31. The molecule has 0 aliphatic carbocycles. The maximum atomic E-state index is 13.8. The van der Waals surface area contributed by atoms with Crippen molar-refractivity contribution < 1.29 is 23.9 Å². The molecule has 1 aliphatic rings. The van der Waals surface area contributed by atoms with E-state index in [-0.39, 0.29) is 18.7 Å². The summed E-state index contributed by atoms with van der Waals surface area (Å²) in [6, 6.07) is 2.98. The number of benzene rings is 1. The Morgan fingerprint density at radius 1 is 1.48 bits per heavy atom. The van der Waals surface area contributed by atoms with E-state index in [0.717, 1.165) is 4.90 Å². The third kappa shape index (κ3) is 3.18. The summed E-state index contributed by atoms with van der Waals surface area (Å²) in [7, 11) is 0. The van der Waals surface area contributed by atoms with Gasteiger partial charge in [0.2, 0.25) is 5.91 Å². The predicted octanol–water partition coefficient (Wildman–Crippen LogP) is 0.549. The number of halogens is 1. The summed E-state index contributed by atoms with van der Waals surface area (Å²) in [5, 5.41) is 11.4. The van der Waals surface area contributed by atoms with Gasteiger partial charge in [-0.3, -0.25) is 14.4 Å². The van der Waals surface area contributed by atoms with Crippen molar-refractivity contribution in [3.8, 4) is 0 Å². The lowest BCUT2D eigenvalue weighted by atomic mass is 10.0. The molecule has 21 heavy (non-hydrogen) atoms. The maximum absolute atomic E-state index is 13.8. The van der Waals surface area contributed by atoms with Crippen LogP contribution in [0.5, 0.6) is 0 Å². The molecule has 1 aromatic carbocycles. The highest BCUT2D eigenvalue weighted by atomic mass is 19.1. The van der Waals surface area contributed by atoms with Gasteiger partial charge in [0.1, 0.15) is 11.9 Å². The van der Waals surface area contributed by atoms with Gasteiger partial charge in [-0.05, 0) is 19.1 Å². The molecule has 2 rings (SSSR count). The molecular formula is C14H15FN2O4. The summed E-state index contributed by atoms with van der Waals surface area (Å²) >= 11 is 0. The van der Waals surface area contributed by atoms with Crippen molar-refractivity contribution in [1.29, 1.82) is 0 Å². The molecule has 1 heterocycles. The summed E-state index contributed by atoms with van der Waals surface area (Å²) in [6.07, 6.45) is -0.509. The number of hydrogen-bond donors (Lipinski definition) is 2. The Balaban J connectivity index is 2.32. The van der Waals surface area contributed by atoms with Crippen molar-refractivity contribution in [1.82, 2.24) is 10.2 Å². The van der Waals surface area contributed by atoms with Gasteiger partial charge in [-0.15, -0.1) is 0 Å². The quantitative estimate of drug-likeness (QED) is 0.852. The number of amides is 2. The number of aliphatic carboxylic acids is 1. The second-order valence-corrected chi connectivity index (χ2v) is 4.89. The Morgan fingerprint density at radius 2 is 2.19 bits per heavy atom. The highest BCUT2D eigenvalue weighted by Crippen LogP contribution is 2.17. The van der Waals surface area contributed by atoms with Gasteiger partial charge in [0.05, 0.1) is 12.0 Å². The van der Waals surface area contributed by atoms with Crippen LogP contribution in [0.4, 0.5) is 4.39 Å². The van der Waals surface area contributed by atoms with Gasteiger partial charge in [0.25, 0.3) is 5.91 Å². The third-order valence-electron chi connectivity index (χ3n) is 3.31. The van der Waals surface area contributed by atoms with Crippen LogP contribution in [0.2, 0.25) is 0 Å². The minimum absolute atomic E-state index is 0.149. The van der Waals surface area contributed by atoms with Crippen LogP contribution >= 0.6 is 0 Å². The van der Waals surface area contributed by atoms with Crippen LogP contribution in [-0.2, 0) is 9.59 Å². The molecule has 1 atom stereocenters. The zero-order chi connectivity index (χ0) is 15.6. The fraction of sp³-hybridized carbons (Fsp3) is 0.357. The normalized spacial score (nSPS) is 18.3. The summed E-state index contributed by atoms with van der Waals surface area (Å²) in [6.45, 7) is 2.08. The molecule has 112 valence electrons. The minimum atomic E-state index is -1.19. The minimum Gasteiger partial charge on any atom is -0.481 e. The topological polar surface area (TPSA) is 86.7 Å². The smallest absolute Gasteiger partial charge is 0.305 e. The van der Waals surface area contributed by atoms with Crippen LogP contribution in [0.25, 0.3) is 0 Å². The van der Waals surface area contributed by atoms with Gasteiger partial charge in [0.15, 0.2) is 0 Å². The molecule has 0 bridgehead atoms. The number of carboxylic acids is 1. The lowest BCUT2D eigenvalue weighted by Gasteiger charge is -2.34. The van der Waals surface area contributed by atoms with E-state index < -0.39 is 36.1 Å². The van der Waals surface area contributed by atoms with Gasteiger partial charge >= 0.3 is 5.97 Å². The molecule has 1 aromatic rings. The highest BCUT2D eigenvalue weighted by Gasteiger charge is 2.35. The van der Waals surface area contributed by atoms with E-state index in [1.165, 1.54) is 18.2 Å². The first-order valence-electron chi connectivity index (χ1n) is 6.47. The highest BCUT2D eigenvalue weighted by molar-refractivity contribution is 5.99. The van der Waals surface area contributed by atoms with Crippen molar-refractivity contribution >= 4 is 17.8 Å².